The summed E-state index contributed by atoms with van der Waals surface area (Å²) in [6.45, 7) is 0. The van der Waals surface area contributed by atoms with Gasteiger partial charge in [0.15, 0.2) is 9.84 Å². The lowest BCUT2D eigenvalue weighted by Gasteiger charge is -2.12. The van der Waals surface area contributed by atoms with Crippen LogP contribution < -0.4 is 11.5 Å². The molecule has 0 aliphatic heterocycles. The molecule has 1 atom stereocenters. The molecule has 0 aliphatic carbocycles. The molecule has 1 amide bonds. The predicted octanol–water partition coefficient (Wildman–Crippen LogP) is 0.619. The van der Waals surface area contributed by atoms with Gasteiger partial charge in [-0.3, -0.25) is 4.79 Å². The Balaban J connectivity index is 3.10. The summed E-state index contributed by atoms with van der Waals surface area (Å²) < 4.78 is 22.6. The molecular formula is C10H13ClN2O3S. The van der Waals surface area contributed by atoms with Crippen molar-refractivity contribution in [3.05, 3.63) is 28.8 Å². The van der Waals surface area contributed by atoms with E-state index in [4.69, 9.17) is 23.1 Å². The van der Waals surface area contributed by atoms with Crippen molar-refractivity contribution in [1.29, 1.82) is 0 Å². The Bertz CT molecular complexity index is 542. The van der Waals surface area contributed by atoms with Gasteiger partial charge in [-0.25, -0.2) is 8.42 Å². The van der Waals surface area contributed by atoms with E-state index in [-0.39, 0.29) is 16.3 Å². The van der Waals surface area contributed by atoms with Crippen LogP contribution in [-0.2, 0) is 14.6 Å². The van der Waals surface area contributed by atoms with Crippen molar-refractivity contribution in [3.63, 3.8) is 0 Å². The predicted molar refractivity (Wildman–Crippen MR) is 65.3 cm³/mol. The molecule has 0 saturated carbocycles. The van der Waals surface area contributed by atoms with Gasteiger partial charge in [0.1, 0.15) is 0 Å². The number of carbonyl (C=O) groups excluding carboxylic acids is 1. The first-order valence-corrected chi connectivity index (χ1v) is 7.02. The van der Waals surface area contributed by atoms with Crippen molar-refractivity contribution in [2.75, 3.05) is 6.26 Å². The van der Waals surface area contributed by atoms with E-state index in [2.05, 4.69) is 0 Å². The topological polar surface area (TPSA) is 103 Å². The van der Waals surface area contributed by atoms with Crippen LogP contribution in [0.3, 0.4) is 0 Å². The molecule has 0 aliphatic rings. The third-order valence-electron chi connectivity index (χ3n) is 2.22. The Morgan fingerprint density at radius 2 is 2.06 bits per heavy atom. The van der Waals surface area contributed by atoms with Crippen molar-refractivity contribution >= 4 is 27.3 Å². The van der Waals surface area contributed by atoms with Gasteiger partial charge in [-0.1, -0.05) is 17.7 Å². The highest BCUT2D eigenvalue weighted by Gasteiger charge is 2.15. The number of halogens is 1. The summed E-state index contributed by atoms with van der Waals surface area (Å²) in [5, 5.41) is 0.210. The van der Waals surface area contributed by atoms with Crippen molar-refractivity contribution < 1.29 is 13.2 Å². The molecule has 1 aromatic rings. The van der Waals surface area contributed by atoms with E-state index in [9.17, 15) is 13.2 Å². The van der Waals surface area contributed by atoms with E-state index in [0.717, 1.165) is 6.26 Å². The number of carbonyl (C=O) groups is 1. The molecule has 0 saturated heterocycles. The van der Waals surface area contributed by atoms with Gasteiger partial charge >= 0.3 is 0 Å². The molecule has 7 heteroatoms. The lowest BCUT2D eigenvalue weighted by molar-refractivity contribution is -0.118. The van der Waals surface area contributed by atoms with Crippen LogP contribution in [0.1, 0.15) is 18.0 Å². The molecule has 0 spiro atoms. The van der Waals surface area contributed by atoms with Crippen LogP contribution in [0.25, 0.3) is 0 Å². The van der Waals surface area contributed by atoms with E-state index < -0.39 is 21.8 Å². The third kappa shape index (κ3) is 3.69. The molecular weight excluding hydrogens is 264 g/mol. The van der Waals surface area contributed by atoms with Gasteiger partial charge in [0, 0.05) is 23.7 Å². The lowest BCUT2D eigenvalue weighted by atomic mass is 10.0. The largest absolute Gasteiger partial charge is 0.370 e. The van der Waals surface area contributed by atoms with E-state index >= 15 is 0 Å². The summed E-state index contributed by atoms with van der Waals surface area (Å²) in [5.41, 5.74) is 11.2. The molecule has 0 aromatic heterocycles. The average molecular weight is 277 g/mol. The highest BCUT2D eigenvalue weighted by atomic mass is 35.5. The van der Waals surface area contributed by atoms with Gasteiger partial charge in [0.2, 0.25) is 5.91 Å². The minimum absolute atomic E-state index is 0.0437. The maximum atomic E-state index is 11.3. The highest BCUT2D eigenvalue weighted by molar-refractivity contribution is 7.90. The van der Waals surface area contributed by atoms with Crippen LogP contribution in [0, 0.1) is 0 Å². The monoisotopic (exact) mass is 276 g/mol. The lowest BCUT2D eigenvalue weighted by Crippen LogP contribution is -2.21. The second kappa shape index (κ2) is 5.03. The molecule has 0 heterocycles. The highest BCUT2D eigenvalue weighted by Crippen LogP contribution is 2.26. The fourth-order valence-electron chi connectivity index (χ4n) is 1.37. The van der Waals surface area contributed by atoms with E-state index in [1.54, 1.807) is 0 Å². The van der Waals surface area contributed by atoms with Gasteiger partial charge in [-0.2, -0.15) is 0 Å². The van der Waals surface area contributed by atoms with Gasteiger partial charge < -0.3 is 11.5 Å². The van der Waals surface area contributed by atoms with Crippen molar-refractivity contribution in [2.24, 2.45) is 11.5 Å². The van der Waals surface area contributed by atoms with Gasteiger partial charge in [0.25, 0.3) is 0 Å². The molecule has 0 radical (unpaired) electrons. The third-order valence-corrected chi connectivity index (χ3v) is 3.66. The average Bonchev–Trinajstić information content (AvgIpc) is 2.14. The maximum absolute atomic E-state index is 11.3. The number of hydrogen-bond donors (Lipinski definition) is 2. The molecule has 0 bridgehead atoms. The van der Waals surface area contributed by atoms with Crippen LogP contribution in [0.4, 0.5) is 0 Å². The van der Waals surface area contributed by atoms with E-state index in [1.807, 2.05) is 0 Å². The summed E-state index contributed by atoms with van der Waals surface area (Å²) in [7, 11) is -3.31. The molecule has 94 valence electrons. The van der Waals surface area contributed by atoms with Crippen molar-refractivity contribution in [1.82, 2.24) is 0 Å². The maximum Gasteiger partial charge on any atom is 0.219 e. The van der Waals surface area contributed by atoms with Crippen LogP contribution in [0.15, 0.2) is 23.1 Å². The molecule has 4 N–H and O–H groups in total. The minimum Gasteiger partial charge on any atom is -0.370 e. The fraction of sp³-hybridized carbons (Fsp3) is 0.300. The Hall–Kier alpha value is -1.11. The second-order valence-electron chi connectivity index (χ2n) is 3.73. The normalized spacial score (nSPS) is 13.4. The molecule has 0 fully saturated rings. The number of primary amides is 1. The summed E-state index contributed by atoms with van der Waals surface area (Å²) in [6, 6.07) is 3.57. The second-order valence-corrected chi connectivity index (χ2v) is 6.16. The number of benzene rings is 1. The van der Waals surface area contributed by atoms with Crippen LogP contribution >= 0.6 is 11.6 Å². The fourth-order valence-corrected chi connectivity index (χ4v) is 2.40. The van der Waals surface area contributed by atoms with Crippen molar-refractivity contribution in [3.8, 4) is 0 Å². The first-order valence-electron chi connectivity index (χ1n) is 4.75. The Labute approximate surface area is 105 Å². The SMILES string of the molecule is CS(=O)(=O)c1ccc(C(N)CC(N)=O)c(Cl)c1. The van der Waals surface area contributed by atoms with Crippen molar-refractivity contribution in [2.45, 2.75) is 17.4 Å². The minimum atomic E-state index is -3.31. The van der Waals surface area contributed by atoms with Gasteiger partial charge in [0.05, 0.1) is 4.90 Å². The first-order chi connectivity index (χ1) is 7.71. The number of sulfone groups is 1. The quantitative estimate of drug-likeness (QED) is 0.841. The molecule has 5 nitrogen and oxygen atoms in total. The van der Waals surface area contributed by atoms with Crippen LogP contribution in [0.2, 0.25) is 5.02 Å². The number of amides is 1. The smallest absolute Gasteiger partial charge is 0.219 e. The standard InChI is InChI=1S/C10H13ClN2O3S/c1-17(15,16)6-2-3-7(8(11)4-6)9(12)5-10(13)14/h2-4,9H,5,12H2,1H3,(H2,13,14). The number of rotatable bonds is 4. The van der Waals surface area contributed by atoms with Gasteiger partial charge in [-0.15, -0.1) is 0 Å². The number of nitrogens with two attached hydrogens (primary N) is 2. The Morgan fingerprint density at radius 1 is 1.47 bits per heavy atom. The Morgan fingerprint density at radius 3 is 2.47 bits per heavy atom. The Kier molecular flexibility index (Phi) is 4.13. The zero-order chi connectivity index (χ0) is 13.2. The molecule has 1 rings (SSSR count). The van der Waals surface area contributed by atoms with Gasteiger partial charge in [-0.05, 0) is 17.7 Å². The number of hydrogen-bond acceptors (Lipinski definition) is 4. The van der Waals surface area contributed by atoms with E-state index in [0.29, 0.717) is 5.56 Å². The molecule has 17 heavy (non-hydrogen) atoms. The molecule has 1 unspecified atom stereocenters. The van der Waals surface area contributed by atoms with Crippen LogP contribution in [0.5, 0.6) is 0 Å². The van der Waals surface area contributed by atoms with Crippen LogP contribution in [-0.4, -0.2) is 20.6 Å². The summed E-state index contributed by atoms with van der Waals surface area (Å²) in [6.07, 6.45) is 1.04. The molecule has 1 aromatic carbocycles. The summed E-state index contributed by atoms with van der Waals surface area (Å²) in [5.74, 6) is -0.541. The summed E-state index contributed by atoms with van der Waals surface area (Å²) in [4.78, 5) is 10.8. The zero-order valence-electron chi connectivity index (χ0n) is 9.18. The first kappa shape index (κ1) is 14.0. The van der Waals surface area contributed by atoms with E-state index in [1.165, 1.54) is 18.2 Å². The summed E-state index contributed by atoms with van der Waals surface area (Å²) >= 11 is 5.92. The zero-order valence-corrected chi connectivity index (χ0v) is 10.8.